The smallest absolute Gasteiger partial charge is 0.239 e. The monoisotopic (exact) mass is 740 g/mol. The highest BCUT2D eigenvalue weighted by atomic mass is 16.8. The minimum atomic E-state index is -1.88. The van der Waals surface area contributed by atoms with E-state index in [0.717, 1.165) is 12.1 Å². The lowest BCUT2D eigenvalue weighted by Gasteiger charge is -2.45. The molecule has 3 aliphatic rings. The van der Waals surface area contributed by atoms with Crippen LogP contribution < -0.4 is 14.9 Å². The van der Waals surface area contributed by atoms with Gasteiger partial charge in [0.15, 0.2) is 18.2 Å². The van der Waals surface area contributed by atoms with Crippen LogP contribution in [0.3, 0.4) is 0 Å². The highest BCUT2D eigenvalue weighted by molar-refractivity contribution is 5.88. The molecular weight excluding hydrogens is 700 g/mol. The summed E-state index contributed by atoms with van der Waals surface area (Å²) >= 11 is 0. The average Bonchev–Trinajstić information content (AvgIpc) is 3.11. The lowest BCUT2D eigenvalue weighted by Crippen LogP contribution is -2.64. The molecule has 15 atom stereocenters. The zero-order valence-electron chi connectivity index (χ0n) is 27.5. The lowest BCUT2D eigenvalue weighted by molar-refractivity contribution is -0.355. The van der Waals surface area contributed by atoms with Crippen molar-refractivity contribution < 1.29 is 89.0 Å². The highest BCUT2D eigenvalue weighted by Gasteiger charge is 2.51. The van der Waals surface area contributed by atoms with Crippen molar-refractivity contribution in [1.82, 2.24) is 0 Å². The normalized spacial score (nSPS) is 38.2. The molecule has 19 nitrogen and oxygen atoms in total. The first-order valence-corrected chi connectivity index (χ1v) is 16.2. The van der Waals surface area contributed by atoms with Gasteiger partial charge in [-0.15, -0.1) is 0 Å². The van der Waals surface area contributed by atoms with Gasteiger partial charge in [-0.2, -0.15) is 0 Å². The van der Waals surface area contributed by atoms with Crippen molar-refractivity contribution in [3.8, 4) is 34.3 Å². The van der Waals surface area contributed by atoms with Crippen molar-refractivity contribution in [1.29, 1.82) is 0 Å². The SMILES string of the molecule is C[C@@H]1O[C@@H](Oc2c(-c3ccc(O)cc3)oc3cc(O[C@H]4O[C@H](C)[C@@H](O)[C@@H](O)[C@H]4O[C@@H]4O[C@H](CO)[C@@H](O)[C@H](O)[C@H]4O)cc(O)c3c2=O)[C@@H](O)[C@@H](O)[C@H]1O. The Morgan fingerprint density at radius 3 is 1.92 bits per heavy atom. The van der Waals surface area contributed by atoms with E-state index in [1.807, 2.05) is 0 Å². The Morgan fingerprint density at radius 2 is 1.27 bits per heavy atom. The number of ether oxygens (including phenoxy) is 6. The second-order valence-corrected chi connectivity index (χ2v) is 12.9. The van der Waals surface area contributed by atoms with Crippen LogP contribution in [0.15, 0.2) is 45.6 Å². The van der Waals surface area contributed by atoms with Gasteiger partial charge in [-0.25, -0.2) is 0 Å². The van der Waals surface area contributed by atoms with Gasteiger partial charge in [0.05, 0.1) is 18.8 Å². The molecule has 19 heteroatoms. The van der Waals surface area contributed by atoms with Gasteiger partial charge >= 0.3 is 0 Å². The molecule has 3 saturated heterocycles. The molecule has 0 amide bonds. The maximum Gasteiger partial charge on any atom is 0.239 e. The summed E-state index contributed by atoms with van der Waals surface area (Å²) in [5.74, 6) is -1.93. The van der Waals surface area contributed by atoms with E-state index < -0.39 is 121 Å². The first-order valence-electron chi connectivity index (χ1n) is 16.2. The van der Waals surface area contributed by atoms with Gasteiger partial charge in [0.2, 0.25) is 23.8 Å². The van der Waals surface area contributed by atoms with E-state index in [1.54, 1.807) is 0 Å². The van der Waals surface area contributed by atoms with Gasteiger partial charge in [-0.1, -0.05) is 0 Å². The van der Waals surface area contributed by atoms with Crippen molar-refractivity contribution in [2.24, 2.45) is 0 Å². The third-order valence-electron chi connectivity index (χ3n) is 9.25. The molecule has 0 radical (unpaired) electrons. The lowest BCUT2D eigenvalue weighted by atomic mass is 9.97. The molecule has 0 saturated carbocycles. The number of phenolic OH excluding ortho intramolecular Hbond substituents is 2. The highest BCUT2D eigenvalue weighted by Crippen LogP contribution is 2.39. The average molecular weight is 741 g/mol. The van der Waals surface area contributed by atoms with E-state index in [4.69, 9.17) is 32.8 Å². The minimum Gasteiger partial charge on any atom is -0.508 e. The maximum absolute atomic E-state index is 14.0. The summed E-state index contributed by atoms with van der Waals surface area (Å²) in [6.45, 7) is 2.04. The molecule has 11 N–H and O–H groups in total. The van der Waals surface area contributed by atoms with E-state index in [1.165, 1.54) is 38.1 Å². The van der Waals surface area contributed by atoms with Crippen molar-refractivity contribution in [2.45, 2.75) is 106 Å². The Bertz CT molecular complexity index is 1760. The van der Waals surface area contributed by atoms with Crippen LogP contribution in [0.25, 0.3) is 22.3 Å². The fourth-order valence-corrected chi connectivity index (χ4v) is 6.17. The van der Waals surface area contributed by atoms with Crippen molar-refractivity contribution >= 4 is 11.0 Å². The number of phenols is 2. The van der Waals surface area contributed by atoms with Gasteiger partial charge in [-0.05, 0) is 38.1 Å². The fourth-order valence-electron chi connectivity index (χ4n) is 6.17. The molecule has 1 aromatic heterocycles. The van der Waals surface area contributed by atoms with Crippen LogP contribution in [0.2, 0.25) is 0 Å². The summed E-state index contributed by atoms with van der Waals surface area (Å²) in [7, 11) is 0. The third kappa shape index (κ3) is 7.03. The summed E-state index contributed by atoms with van der Waals surface area (Å²) < 4.78 is 40.0. The Labute approximate surface area is 293 Å². The molecular formula is C33H40O19. The maximum atomic E-state index is 14.0. The zero-order valence-corrected chi connectivity index (χ0v) is 27.5. The number of aromatic hydroxyl groups is 2. The van der Waals surface area contributed by atoms with Crippen LogP contribution in [-0.4, -0.2) is 155 Å². The van der Waals surface area contributed by atoms with E-state index in [0.29, 0.717) is 0 Å². The molecule has 3 aliphatic heterocycles. The standard InChI is InChI=1S/C33H40O19/c1-10-19(37)23(41)26(44)31(46-10)51-29-22(40)18-15(36)7-14(8-16(18)49-28(29)12-3-5-13(35)6-4-12)48-33-30(25(43)20(38)11(2)47-33)52-32-27(45)24(42)21(39)17(9-34)50-32/h3-8,10-11,17,19-21,23-27,30-39,41-45H,9H2,1-2H3/t10-,11+,17+,19-,20+,21+,23-,24-,25+,26-,27+,30+,31-,32-,33+/m0/s1. The molecule has 0 bridgehead atoms. The van der Waals surface area contributed by atoms with Crippen molar-refractivity contribution in [2.75, 3.05) is 6.61 Å². The van der Waals surface area contributed by atoms with Crippen LogP contribution >= 0.6 is 0 Å². The summed E-state index contributed by atoms with van der Waals surface area (Å²) in [6, 6.07) is 7.45. The minimum absolute atomic E-state index is 0.130. The quantitative estimate of drug-likeness (QED) is 0.110. The van der Waals surface area contributed by atoms with Gasteiger partial charge in [0.1, 0.15) is 83.2 Å². The second-order valence-electron chi connectivity index (χ2n) is 12.9. The van der Waals surface area contributed by atoms with Crippen LogP contribution in [0.1, 0.15) is 13.8 Å². The van der Waals surface area contributed by atoms with Crippen LogP contribution in [-0.2, 0) is 18.9 Å². The first kappa shape index (κ1) is 38.1. The van der Waals surface area contributed by atoms with Gasteiger partial charge < -0.3 is 89.0 Å². The number of hydrogen-bond donors (Lipinski definition) is 11. The van der Waals surface area contributed by atoms with E-state index in [-0.39, 0.29) is 28.4 Å². The van der Waals surface area contributed by atoms with Gasteiger partial charge in [0.25, 0.3) is 0 Å². The largest absolute Gasteiger partial charge is 0.508 e. The van der Waals surface area contributed by atoms with Gasteiger partial charge in [0, 0.05) is 17.7 Å². The number of rotatable bonds is 8. The Kier molecular flexibility index (Phi) is 11.0. The summed E-state index contributed by atoms with van der Waals surface area (Å²) in [5.41, 5.74) is -1.09. The topological polar surface area (TPSA) is 308 Å². The molecule has 2 aromatic carbocycles. The number of aliphatic hydroxyl groups excluding tert-OH is 9. The zero-order chi connectivity index (χ0) is 37.8. The Morgan fingerprint density at radius 1 is 0.673 bits per heavy atom. The summed E-state index contributed by atoms with van der Waals surface area (Å²) in [4.78, 5) is 14.0. The molecule has 3 aromatic rings. The fraction of sp³-hybridized carbons (Fsp3) is 0.545. The number of benzene rings is 2. The molecule has 4 heterocycles. The first-order chi connectivity index (χ1) is 24.6. The molecule has 6 rings (SSSR count). The van der Waals surface area contributed by atoms with Crippen LogP contribution in [0.4, 0.5) is 0 Å². The van der Waals surface area contributed by atoms with Gasteiger partial charge in [-0.3, -0.25) is 4.79 Å². The van der Waals surface area contributed by atoms with E-state index in [9.17, 15) is 61.0 Å². The number of aliphatic hydroxyl groups is 9. The summed E-state index contributed by atoms with van der Waals surface area (Å²) in [6.07, 6.45) is -23.9. The third-order valence-corrected chi connectivity index (χ3v) is 9.25. The molecule has 3 fully saturated rings. The van der Waals surface area contributed by atoms with Crippen LogP contribution in [0.5, 0.6) is 23.0 Å². The summed E-state index contributed by atoms with van der Waals surface area (Å²) in [5, 5.41) is 113. The number of fused-ring (bicyclic) bond motifs is 1. The van der Waals surface area contributed by atoms with E-state index >= 15 is 0 Å². The molecule has 52 heavy (non-hydrogen) atoms. The molecule has 0 unspecified atom stereocenters. The molecule has 286 valence electrons. The predicted octanol–water partition coefficient (Wildman–Crippen LogP) is -2.89. The molecule has 0 spiro atoms. The Hall–Kier alpha value is -3.67. The van der Waals surface area contributed by atoms with E-state index in [2.05, 4.69) is 0 Å². The van der Waals surface area contributed by atoms with Crippen molar-refractivity contribution in [3.63, 3.8) is 0 Å². The predicted molar refractivity (Wildman–Crippen MR) is 170 cm³/mol. The Balaban J connectivity index is 1.37. The molecule has 0 aliphatic carbocycles. The second kappa shape index (κ2) is 15.0. The number of hydrogen-bond acceptors (Lipinski definition) is 19. The van der Waals surface area contributed by atoms with Crippen LogP contribution in [0, 0.1) is 0 Å². The van der Waals surface area contributed by atoms with Crippen molar-refractivity contribution in [3.05, 3.63) is 46.6 Å².